The fourth-order valence-corrected chi connectivity index (χ4v) is 2.46. The average Bonchev–Trinajstić information content (AvgIpc) is 2.47. The molecule has 1 unspecified atom stereocenters. The van der Waals surface area contributed by atoms with Crippen LogP contribution in [0.4, 0.5) is 0 Å². The molecule has 0 aromatic heterocycles. The highest BCUT2D eigenvalue weighted by molar-refractivity contribution is 5.85. The zero-order valence-corrected chi connectivity index (χ0v) is 14.0. The average molecular weight is 338 g/mol. The number of phenolic OH excluding ortho intramolecular Hbond substituents is 3. The van der Waals surface area contributed by atoms with Crippen LogP contribution >= 0.6 is 12.4 Å². The Morgan fingerprint density at radius 1 is 0.957 bits per heavy atom. The molecule has 0 heterocycles. The molecule has 0 saturated carbocycles. The van der Waals surface area contributed by atoms with Crippen molar-refractivity contribution < 1.29 is 15.3 Å². The molecule has 0 aliphatic carbocycles. The SMILES string of the molecule is CC(CNCCc1ccc(O)c(O)c1)Cc1cccc(O)c1.Cl. The third-order valence-corrected chi connectivity index (χ3v) is 3.62. The van der Waals surface area contributed by atoms with Crippen LogP contribution in [0.15, 0.2) is 42.5 Å². The van der Waals surface area contributed by atoms with Crippen LogP contribution in [-0.4, -0.2) is 28.4 Å². The fraction of sp³-hybridized carbons (Fsp3) is 0.333. The van der Waals surface area contributed by atoms with E-state index in [0.29, 0.717) is 11.7 Å². The highest BCUT2D eigenvalue weighted by atomic mass is 35.5. The van der Waals surface area contributed by atoms with Crippen LogP contribution in [-0.2, 0) is 12.8 Å². The van der Waals surface area contributed by atoms with E-state index in [1.807, 2.05) is 18.2 Å². The van der Waals surface area contributed by atoms with Crippen LogP contribution in [0.25, 0.3) is 0 Å². The molecule has 126 valence electrons. The van der Waals surface area contributed by atoms with Crippen LogP contribution in [0.3, 0.4) is 0 Å². The van der Waals surface area contributed by atoms with Crippen molar-refractivity contribution in [3.8, 4) is 17.2 Å². The lowest BCUT2D eigenvalue weighted by molar-refractivity contribution is 0.403. The van der Waals surface area contributed by atoms with Crippen LogP contribution < -0.4 is 5.32 Å². The highest BCUT2D eigenvalue weighted by Crippen LogP contribution is 2.24. The second kappa shape index (κ2) is 9.28. The van der Waals surface area contributed by atoms with Crippen molar-refractivity contribution in [2.45, 2.75) is 19.8 Å². The van der Waals surface area contributed by atoms with Gasteiger partial charge in [0.25, 0.3) is 0 Å². The predicted octanol–water partition coefficient (Wildman–Crippen LogP) is 3.24. The Labute approximate surface area is 143 Å². The topological polar surface area (TPSA) is 72.7 Å². The van der Waals surface area contributed by atoms with Crippen molar-refractivity contribution in [2.24, 2.45) is 5.92 Å². The molecule has 5 heteroatoms. The number of nitrogens with one attached hydrogen (secondary N) is 1. The molecule has 4 N–H and O–H groups in total. The standard InChI is InChI=1S/C18H23NO3.ClH/c1-13(9-15-3-2-4-16(20)10-15)12-19-8-7-14-5-6-17(21)18(22)11-14;/h2-6,10-11,13,19-22H,7-9,12H2,1H3;1H. The van der Waals surface area contributed by atoms with Gasteiger partial charge in [-0.15, -0.1) is 12.4 Å². The van der Waals surface area contributed by atoms with E-state index in [4.69, 9.17) is 0 Å². The zero-order valence-electron chi connectivity index (χ0n) is 13.2. The quantitative estimate of drug-likeness (QED) is 0.462. The summed E-state index contributed by atoms with van der Waals surface area (Å²) in [5, 5.41) is 31.6. The number of hydrogen-bond donors (Lipinski definition) is 4. The summed E-state index contributed by atoms with van der Waals surface area (Å²) in [5.74, 6) is 0.617. The second-order valence-electron chi connectivity index (χ2n) is 5.76. The maximum absolute atomic E-state index is 9.45. The summed E-state index contributed by atoms with van der Waals surface area (Å²) in [6.07, 6.45) is 1.72. The Balaban J connectivity index is 0.00000264. The number of benzene rings is 2. The van der Waals surface area contributed by atoms with E-state index in [-0.39, 0.29) is 23.9 Å². The van der Waals surface area contributed by atoms with Crippen molar-refractivity contribution in [3.05, 3.63) is 53.6 Å². The molecule has 2 rings (SSSR count). The largest absolute Gasteiger partial charge is 0.508 e. The summed E-state index contributed by atoms with van der Waals surface area (Å²) in [5.41, 5.74) is 2.13. The first kappa shape index (κ1) is 19.1. The Morgan fingerprint density at radius 3 is 2.43 bits per heavy atom. The van der Waals surface area contributed by atoms with Gasteiger partial charge in [0, 0.05) is 0 Å². The Morgan fingerprint density at radius 2 is 1.74 bits per heavy atom. The van der Waals surface area contributed by atoms with Gasteiger partial charge in [-0.05, 0) is 67.2 Å². The summed E-state index contributed by atoms with van der Waals surface area (Å²) in [6, 6.07) is 12.3. The van der Waals surface area contributed by atoms with Crippen molar-refractivity contribution >= 4 is 12.4 Å². The summed E-state index contributed by atoms with van der Waals surface area (Å²) < 4.78 is 0. The van der Waals surface area contributed by atoms with Gasteiger partial charge in [-0.1, -0.05) is 25.1 Å². The van der Waals surface area contributed by atoms with Gasteiger partial charge in [-0.25, -0.2) is 0 Å². The van der Waals surface area contributed by atoms with Crippen molar-refractivity contribution in [3.63, 3.8) is 0 Å². The summed E-state index contributed by atoms with van der Waals surface area (Å²) in [6.45, 7) is 3.87. The maximum atomic E-state index is 9.45. The van der Waals surface area contributed by atoms with E-state index in [0.717, 1.165) is 37.1 Å². The smallest absolute Gasteiger partial charge is 0.157 e. The second-order valence-corrected chi connectivity index (χ2v) is 5.76. The molecule has 0 bridgehead atoms. The number of rotatable bonds is 7. The van der Waals surface area contributed by atoms with E-state index in [2.05, 4.69) is 12.2 Å². The first-order valence-corrected chi connectivity index (χ1v) is 7.54. The summed E-state index contributed by atoms with van der Waals surface area (Å²) in [7, 11) is 0. The lowest BCUT2D eigenvalue weighted by Gasteiger charge is -2.13. The first-order chi connectivity index (χ1) is 10.5. The number of phenols is 3. The molecular formula is C18H24ClNO3. The monoisotopic (exact) mass is 337 g/mol. The molecule has 23 heavy (non-hydrogen) atoms. The third kappa shape index (κ3) is 6.38. The van der Waals surface area contributed by atoms with Gasteiger partial charge in [0.15, 0.2) is 11.5 Å². The minimum Gasteiger partial charge on any atom is -0.508 e. The predicted molar refractivity (Wildman–Crippen MR) is 94.6 cm³/mol. The van der Waals surface area contributed by atoms with Crippen molar-refractivity contribution in [1.82, 2.24) is 5.32 Å². The van der Waals surface area contributed by atoms with Gasteiger partial charge >= 0.3 is 0 Å². The fourth-order valence-electron chi connectivity index (χ4n) is 2.46. The molecule has 4 nitrogen and oxygen atoms in total. The van der Waals surface area contributed by atoms with Gasteiger partial charge in [0.05, 0.1) is 0 Å². The molecule has 0 aliphatic heterocycles. The minimum absolute atomic E-state index is 0. The van der Waals surface area contributed by atoms with E-state index in [1.54, 1.807) is 18.2 Å². The van der Waals surface area contributed by atoms with Gasteiger partial charge in [0.2, 0.25) is 0 Å². The zero-order chi connectivity index (χ0) is 15.9. The molecule has 0 saturated heterocycles. The van der Waals surface area contributed by atoms with E-state index >= 15 is 0 Å². The Hall–Kier alpha value is -1.91. The molecule has 0 aliphatic rings. The van der Waals surface area contributed by atoms with Crippen LogP contribution in [0.1, 0.15) is 18.1 Å². The Bertz CT molecular complexity index is 619. The molecule has 2 aromatic carbocycles. The van der Waals surface area contributed by atoms with E-state index < -0.39 is 0 Å². The lowest BCUT2D eigenvalue weighted by Crippen LogP contribution is -2.24. The first-order valence-electron chi connectivity index (χ1n) is 7.54. The van der Waals surface area contributed by atoms with Gasteiger partial charge in [-0.3, -0.25) is 0 Å². The molecule has 0 radical (unpaired) electrons. The molecular weight excluding hydrogens is 314 g/mol. The van der Waals surface area contributed by atoms with Crippen molar-refractivity contribution in [2.75, 3.05) is 13.1 Å². The van der Waals surface area contributed by atoms with Crippen molar-refractivity contribution in [1.29, 1.82) is 0 Å². The van der Waals surface area contributed by atoms with E-state index in [9.17, 15) is 15.3 Å². The number of hydrogen-bond acceptors (Lipinski definition) is 4. The van der Waals surface area contributed by atoms with Crippen LogP contribution in [0.5, 0.6) is 17.2 Å². The van der Waals surface area contributed by atoms with Gasteiger partial charge in [0.1, 0.15) is 5.75 Å². The van der Waals surface area contributed by atoms with Crippen LogP contribution in [0.2, 0.25) is 0 Å². The minimum atomic E-state index is -0.0866. The normalized spacial score (nSPS) is 11.7. The van der Waals surface area contributed by atoms with E-state index in [1.165, 1.54) is 6.07 Å². The van der Waals surface area contributed by atoms with Gasteiger partial charge in [-0.2, -0.15) is 0 Å². The lowest BCUT2D eigenvalue weighted by atomic mass is 10.0. The third-order valence-electron chi connectivity index (χ3n) is 3.62. The number of halogens is 1. The highest BCUT2D eigenvalue weighted by Gasteiger charge is 2.05. The molecule has 0 spiro atoms. The molecule has 0 amide bonds. The maximum Gasteiger partial charge on any atom is 0.157 e. The van der Waals surface area contributed by atoms with Crippen LogP contribution in [0, 0.1) is 5.92 Å². The molecule has 2 aromatic rings. The van der Waals surface area contributed by atoms with Gasteiger partial charge < -0.3 is 20.6 Å². The molecule has 1 atom stereocenters. The molecule has 0 fully saturated rings. The summed E-state index contributed by atoms with van der Waals surface area (Å²) >= 11 is 0. The Kier molecular flexibility index (Phi) is 7.72. The summed E-state index contributed by atoms with van der Waals surface area (Å²) in [4.78, 5) is 0. The number of aromatic hydroxyl groups is 3.